The van der Waals surface area contributed by atoms with Crippen LogP contribution in [-0.4, -0.2) is 77.3 Å². The molecule has 7 heteroatoms. The molecule has 4 rings (SSSR count). The van der Waals surface area contributed by atoms with Crippen LogP contribution in [0, 0.1) is 5.82 Å². The Morgan fingerprint density at radius 1 is 1.10 bits per heavy atom. The second kappa shape index (κ2) is 8.11. The van der Waals surface area contributed by atoms with Gasteiger partial charge in [-0.05, 0) is 45.2 Å². The first-order valence-electron chi connectivity index (χ1n) is 10.8. The molecule has 3 fully saturated rings. The number of nitrogens with zero attached hydrogens (tertiary/aromatic N) is 3. The Balaban J connectivity index is 1.25. The Bertz CT molecular complexity index is 741. The monoisotopic (exact) mass is 405 g/mol. The standard InChI is InChI=1S/C22H32FN3O3/c1-22(2,28)19-8-7-17(13-20(19)23)29-18-14-26(15-18)21(27)25-10-4-9-24(11-12-25)16-5-3-6-16/h7-8,13,16,18,28H,3-6,9-12,14-15H2,1-2H3. The number of benzene rings is 1. The van der Waals surface area contributed by atoms with Gasteiger partial charge in [0.1, 0.15) is 17.7 Å². The molecule has 29 heavy (non-hydrogen) atoms. The summed E-state index contributed by atoms with van der Waals surface area (Å²) in [4.78, 5) is 19.1. The van der Waals surface area contributed by atoms with Gasteiger partial charge in [0.2, 0.25) is 0 Å². The lowest BCUT2D eigenvalue weighted by molar-refractivity contribution is 0.0304. The van der Waals surface area contributed by atoms with Crippen molar-refractivity contribution in [1.82, 2.24) is 14.7 Å². The molecule has 1 aromatic carbocycles. The van der Waals surface area contributed by atoms with E-state index in [1.165, 1.54) is 25.3 Å². The normalized spacial score (nSPS) is 22.1. The molecule has 1 aromatic rings. The van der Waals surface area contributed by atoms with Gasteiger partial charge in [-0.3, -0.25) is 4.90 Å². The third-order valence-electron chi connectivity index (χ3n) is 6.41. The van der Waals surface area contributed by atoms with Gasteiger partial charge >= 0.3 is 6.03 Å². The Labute approximate surface area is 172 Å². The van der Waals surface area contributed by atoms with Gasteiger partial charge in [-0.25, -0.2) is 9.18 Å². The summed E-state index contributed by atoms with van der Waals surface area (Å²) >= 11 is 0. The minimum absolute atomic E-state index is 0.0869. The molecular formula is C22H32FN3O3. The fraction of sp³-hybridized carbons (Fsp3) is 0.682. The minimum atomic E-state index is -1.23. The van der Waals surface area contributed by atoms with E-state index in [0.717, 1.165) is 38.6 Å². The van der Waals surface area contributed by atoms with Crippen LogP contribution in [0.25, 0.3) is 0 Å². The average molecular weight is 406 g/mol. The highest BCUT2D eigenvalue weighted by Gasteiger charge is 2.36. The first kappa shape index (κ1) is 20.4. The molecule has 0 unspecified atom stereocenters. The van der Waals surface area contributed by atoms with E-state index in [0.29, 0.717) is 18.8 Å². The molecule has 160 valence electrons. The largest absolute Gasteiger partial charge is 0.487 e. The van der Waals surface area contributed by atoms with E-state index < -0.39 is 11.4 Å². The zero-order chi connectivity index (χ0) is 20.6. The minimum Gasteiger partial charge on any atom is -0.487 e. The number of likely N-dealkylation sites (tertiary alicyclic amines) is 1. The summed E-state index contributed by atoms with van der Waals surface area (Å²) < 4.78 is 20.0. The van der Waals surface area contributed by atoms with Crippen LogP contribution in [0.15, 0.2) is 18.2 Å². The summed E-state index contributed by atoms with van der Waals surface area (Å²) in [6.07, 6.45) is 4.85. The van der Waals surface area contributed by atoms with Gasteiger partial charge in [0.15, 0.2) is 0 Å². The highest BCUT2D eigenvalue weighted by molar-refractivity contribution is 5.75. The molecule has 0 aromatic heterocycles. The van der Waals surface area contributed by atoms with Crippen LogP contribution < -0.4 is 4.74 Å². The lowest BCUT2D eigenvalue weighted by Gasteiger charge is -2.41. The Morgan fingerprint density at radius 2 is 1.86 bits per heavy atom. The van der Waals surface area contributed by atoms with Crippen molar-refractivity contribution < 1.29 is 19.0 Å². The molecule has 0 bridgehead atoms. The molecule has 3 aliphatic rings. The van der Waals surface area contributed by atoms with Gasteiger partial charge < -0.3 is 19.6 Å². The van der Waals surface area contributed by atoms with E-state index in [2.05, 4.69) is 4.90 Å². The molecule has 2 aliphatic heterocycles. The summed E-state index contributed by atoms with van der Waals surface area (Å²) in [5, 5.41) is 9.97. The second-order valence-corrected chi connectivity index (χ2v) is 9.09. The maximum Gasteiger partial charge on any atom is 0.320 e. The number of amides is 2. The van der Waals surface area contributed by atoms with Crippen molar-refractivity contribution in [2.24, 2.45) is 0 Å². The van der Waals surface area contributed by atoms with E-state index in [1.807, 2.05) is 9.80 Å². The van der Waals surface area contributed by atoms with Crippen LogP contribution >= 0.6 is 0 Å². The van der Waals surface area contributed by atoms with Crippen LogP contribution in [0.4, 0.5) is 9.18 Å². The predicted molar refractivity (Wildman–Crippen MR) is 108 cm³/mol. The van der Waals surface area contributed by atoms with Crippen LogP contribution in [0.5, 0.6) is 5.75 Å². The average Bonchev–Trinajstić information content (AvgIpc) is 2.81. The third kappa shape index (κ3) is 4.51. The lowest BCUT2D eigenvalue weighted by Crippen LogP contribution is -2.60. The third-order valence-corrected chi connectivity index (χ3v) is 6.41. The van der Waals surface area contributed by atoms with E-state index >= 15 is 0 Å². The highest BCUT2D eigenvalue weighted by atomic mass is 19.1. The van der Waals surface area contributed by atoms with E-state index in [9.17, 15) is 14.3 Å². The quantitative estimate of drug-likeness (QED) is 0.837. The number of hydrogen-bond donors (Lipinski definition) is 1. The van der Waals surface area contributed by atoms with Gasteiger partial charge in [0, 0.05) is 43.9 Å². The molecule has 1 saturated carbocycles. The number of rotatable bonds is 4. The summed E-state index contributed by atoms with van der Waals surface area (Å²) in [6.45, 7) is 7.82. The Kier molecular flexibility index (Phi) is 5.71. The fourth-order valence-corrected chi connectivity index (χ4v) is 4.37. The molecule has 0 radical (unpaired) electrons. The maximum absolute atomic E-state index is 14.2. The topological polar surface area (TPSA) is 56.3 Å². The zero-order valence-electron chi connectivity index (χ0n) is 17.4. The lowest BCUT2D eigenvalue weighted by atomic mass is 9.91. The molecule has 2 amide bonds. The van der Waals surface area contributed by atoms with Gasteiger partial charge in [0.25, 0.3) is 0 Å². The van der Waals surface area contributed by atoms with Crippen molar-refractivity contribution in [1.29, 1.82) is 0 Å². The zero-order valence-corrected chi connectivity index (χ0v) is 17.4. The van der Waals surface area contributed by atoms with Gasteiger partial charge in [-0.15, -0.1) is 0 Å². The number of urea groups is 1. The summed E-state index contributed by atoms with van der Waals surface area (Å²) in [5.41, 5.74) is -0.990. The fourth-order valence-electron chi connectivity index (χ4n) is 4.37. The second-order valence-electron chi connectivity index (χ2n) is 9.09. The Hall–Kier alpha value is -1.86. The number of carbonyl (C=O) groups excluding carboxylic acids is 1. The van der Waals surface area contributed by atoms with E-state index in [1.54, 1.807) is 26.0 Å². The van der Waals surface area contributed by atoms with Crippen LogP contribution in [0.3, 0.4) is 0 Å². The Morgan fingerprint density at radius 3 is 2.48 bits per heavy atom. The molecule has 2 heterocycles. The molecule has 2 saturated heterocycles. The summed E-state index contributed by atoms with van der Waals surface area (Å²) in [5.74, 6) is -0.0543. The molecule has 1 N–H and O–H groups in total. The first-order chi connectivity index (χ1) is 13.8. The van der Waals surface area contributed by atoms with Crippen LogP contribution in [0.1, 0.15) is 45.1 Å². The number of halogens is 1. The summed E-state index contributed by atoms with van der Waals surface area (Å²) in [6, 6.07) is 5.35. The van der Waals surface area contributed by atoms with Crippen molar-refractivity contribution in [3.05, 3.63) is 29.6 Å². The molecule has 0 atom stereocenters. The number of hydrogen-bond acceptors (Lipinski definition) is 4. The smallest absolute Gasteiger partial charge is 0.320 e. The maximum atomic E-state index is 14.2. The predicted octanol–water partition coefficient (Wildman–Crippen LogP) is 2.80. The van der Waals surface area contributed by atoms with Crippen molar-refractivity contribution in [2.75, 3.05) is 39.3 Å². The summed E-state index contributed by atoms with van der Waals surface area (Å²) in [7, 11) is 0. The van der Waals surface area contributed by atoms with Crippen molar-refractivity contribution in [2.45, 2.75) is 57.3 Å². The van der Waals surface area contributed by atoms with Gasteiger partial charge in [0.05, 0.1) is 18.7 Å². The van der Waals surface area contributed by atoms with Gasteiger partial charge in [-0.2, -0.15) is 0 Å². The van der Waals surface area contributed by atoms with Crippen LogP contribution in [0.2, 0.25) is 0 Å². The molecular weight excluding hydrogens is 373 g/mol. The first-order valence-corrected chi connectivity index (χ1v) is 10.8. The van der Waals surface area contributed by atoms with Gasteiger partial charge in [-0.1, -0.05) is 6.42 Å². The molecule has 1 aliphatic carbocycles. The highest BCUT2D eigenvalue weighted by Crippen LogP contribution is 2.28. The van der Waals surface area contributed by atoms with Crippen LogP contribution in [-0.2, 0) is 5.60 Å². The van der Waals surface area contributed by atoms with Crippen molar-refractivity contribution in [3.8, 4) is 5.75 Å². The number of carbonyl (C=O) groups is 1. The van der Waals surface area contributed by atoms with Crippen molar-refractivity contribution in [3.63, 3.8) is 0 Å². The molecule has 0 spiro atoms. The van der Waals surface area contributed by atoms with Crippen molar-refractivity contribution >= 4 is 6.03 Å². The number of aliphatic hydroxyl groups is 1. The van der Waals surface area contributed by atoms with E-state index in [4.69, 9.17) is 4.74 Å². The number of ether oxygens (including phenoxy) is 1. The SMILES string of the molecule is CC(C)(O)c1ccc(OC2CN(C(=O)N3CCCN(C4CCC4)CC3)C2)cc1F. The molecule has 6 nitrogen and oxygen atoms in total. The van der Waals surface area contributed by atoms with E-state index in [-0.39, 0.29) is 17.7 Å².